The number of allylic oxidation sites excluding steroid dienone is 2. The molecule has 33 heavy (non-hydrogen) atoms. The third-order valence-corrected chi connectivity index (χ3v) is 6.88. The summed E-state index contributed by atoms with van der Waals surface area (Å²) >= 11 is 0. The van der Waals surface area contributed by atoms with Crippen molar-refractivity contribution in [2.75, 3.05) is 19.6 Å². The number of amides is 2. The number of carbonyl (C=O) groups is 2. The number of hydrogen-bond acceptors (Lipinski definition) is 3. The molecule has 1 N–H and O–H groups in total. The highest BCUT2D eigenvalue weighted by Crippen LogP contribution is 2.36. The largest absolute Gasteiger partial charge is 0.352 e. The second-order valence-electron chi connectivity index (χ2n) is 9.24. The fourth-order valence-electron chi connectivity index (χ4n) is 5.15. The average molecular weight is 444 g/mol. The maximum absolute atomic E-state index is 13.5. The Morgan fingerprint density at radius 3 is 2.79 bits per heavy atom. The molecule has 1 saturated heterocycles. The van der Waals surface area contributed by atoms with Crippen LogP contribution < -0.4 is 5.32 Å². The summed E-state index contributed by atoms with van der Waals surface area (Å²) in [5, 5.41) is 3.03. The summed E-state index contributed by atoms with van der Waals surface area (Å²) in [6, 6.07) is 12.3. The molecule has 1 aromatic carbocycles. The lowest BCUT2D eigenvalue weighted by atomic mass is 9.73. The molecule has 2 amide bonds. The maximum atomic E-state index is 13.5. The first-order valence-corrected chi connectivity index (χ1v) is 11.9. The SMILES string of the molecule is C=CCNC(=O)C1(Cc2cccc(-c3ccncc3)c2)CCCN(C(=O)C2CC=CCC2)C1. The van der Waals surface area contributed by atoms with Crippen molar-refractivity contribution in [2.24, 2.45) is 11.3 Å². The minimum Gasteiger partial charge on any atom is -0.352 e. The van der Waals surface area contributed by atoms with Crippen LogP contribution in [0.2, 0.25) is 0 Å². The number of rotatable bonds is 7. The predicted octanol–water partition coefficient (Wildman–Crippen LogP) is 4.56. The molecule has 1 aliphatic heterocycles. The van der Waals surface area contributed by atoms with Crippen molar-refractivity contribution >= 4 is 11.8 Å². The second kappa shape index (κ2) is 10.6. The summed E-state index contributed by atoms with van der Waals surface area (Å²) < 4.78 is 0. The number of nitrogens with one attached hydrogen (secondary N) is 1. The highest BCUT2D eigenvalue weighted by atomic mass is 16.2. The molecule has 2 aliphatic rings. The van der Waals surface area contributed by atoms with E-state index in [1.165, 1.54) is 0 Å². The molecule has 0 radical (unpaired) electrons. The van der Waals surface area contributed by atoms with Gasteiger partial charge in [0.2, 0.25) is 11.8 Å². The van der Waals surface area contributed by atoms with Gasteiger partial charge < -0.3 is 10.2 Å². The molecule has 1 aliphatic carbocycles. The minimum absolute atomic E-state index is 0.0118. The molecule has 2 aromatic rings. The van der Waals surface area contributed by atoms with Crippen LogP contribution in [0.25, 0.3) is 11.1 Å². The monoisotopic (exact) mass is 443 g/mol. The van der Waals surface area contributed by atoms with E-state index >= 15 is 0 Å². The molecule has 2 atom stereocenters. The van der Waals surface area contributed by atoms with Gasteiger partial charge >= 0.3 is 0 Å². The summed E-state index contributed by atoms with van der Waals surface area (Å²) in [5.41, 5.74) is 2.67. The molecule has 172 valence electrons. The van der Waals surface area contributed by atoms with Crippen LogP contribution in [0.4, 0.5) is 0 Å². The van der Waals surface area contributed by atoms with E-state index in [0.29, 0.717) is 19.5 Å². The standard InChI is InChI=1S/C28H33N3O2/c1-2-15-30-27(33)28(14-7-18-31(21-28)26(32)24-9-4-3-5-10-24)20-22-8-6-11-25(19-22)23-12-16-29-17-13-23/h2-4,6,8,11-13,16-17,19,24H,1,5,7,9-10,14-15,18,20-21H2,(H,30,33). The van der Waals surface area contributed by atoms with Crippen molar-refractivity contribution in [1.29, 1.82) is 0 Å². The van der Waals surface area contributed by atoms with Crippen molar-refractivity contribution in [2.45, 2.75) is 38.5 Å². The molecule has 1 fully saturated rings. The van der Waals surface area contributed by atoms with Crippen LogP contribution in [-0.4, -0.2) is 41.3 Å². The lowest BCUT2D eigenvalue weighted by Gasteiger charge is -2.43. The molecule has 5 nitrogen and oxygen atoms in total. The number of hydrogen-bond donors (Lipinski definition) is 1. The Labute approximate surface area is 196 Å². The van der Waals surface area contributed by atoms with Gasteiger partial charge in [-0.3, -0.25) is 14.6 Å². The summed E-state index contributed by atoms with van der Waals surface area (Å²) in [7, 11) is 0. The molecular formula is C28H33N3O2. The molecule has 0 bridgehead atoms. The fraction of sp³-hybridized carbons (Fsp3) is 0.393. The summed E-state index contributed by atoms with van der Waals surface area (Å²) in [5.74, 6) is 0.250. The lowest BCUT2D eigenvalue weighted by molar-refractivity contribution is -0.144. The summed E-state index contributed by atoms with van der Waals surface area (Å²) in [6.45, 7) is 5.37. The number of piperidine rings is 1. The second-order valence-corrected chi connectivity index (χ2v) is 9.24. The van der Waals surface area contributed by atoms with Gasteiger partial charge in [-0.2, -0.15) is 0 Å². The Balaban J connectivity index is 1.59. The number of benzene rings is 1. The van der Waals surface area contributed by atoms with Gasteiger partial charge in [0.1, 0.15) is 0 Å². The third-order valence-electron chi connectivity index (χ3n) is 6.88. The number of nitrogens with zero attached hydrogens (tertiary/aromatic N) is 2. The van der Waals surface area contributed by atoms with Gasteiger partial charge in [-0.25, -0.2) is 0 Å². The number of pyridine rings is 1. The summed E-state index contributed by atoms with van der Waals surface area (Å²) in [4.78, 5) is 32.8. The van der Waals surface area contributed by atoms with Gasteiger partial charge in [0.15, 0.2) is 0 Å². The smallest absolute Gasteiger partial charge is 0.228 e. The molecule has 0 spiro atoms. The van der Waals surface area contributed by atoms with E-state index < -0.39 is 5.41 Å². The Bertz CT molecular complexity index is 1020. The van der Waals surface area contributed by atoms with Crippen LogP contribution in [0.1, 0.15) is 37.7 Å². The topological polar surface area (TPSA) is 62.3 Å². The molecular weight excluding hydrogens is 410 g/mol. The number of aromatic nitrogens is 1. The van der Waals surface area contributed by atoms with E-state index in [4.69, 9.17) is 0 Å². The van der Waals surface area contributed by atoms with Crippen LogP contribution in [0.15, 0.2) is 73.6 Å². The third kappa shape index (κ3) is 5.41. The lowest BCUT2D eigenvalue weighted by Crippen LogP contribution is -2.55. The van der Waals surface area contributed by atoms with E-state index in [2.05, 4.69) is 47.2 Å². The number of carbonyl (C=O) groups excluding carboxylic acids is 2. The van der Waals surface area contributed by atoms with Gasteiger partial charge in [0.05, 0.1) is 5.41 Å². The van der Waals surface area contributed by atoms with Crippen LogP contribution in [0, 0.1) is 11.3 Å². The first kappa shape index (κ1) is 23.0. The Morgan fingerprint density at radius 1 is 1.18 bits per heavy atom. The Morgan fingerprint density at radius 2 is 2.03 bits per heavy atom. The van der Waals surface area contributed by atoms with Crippen LogP contribution in [0.3, 0.4) is 0 Å². The maximum Gasteiger partial charge on any atom is 0.228 e. The van der Waals surface area contributed by atoms with Gasteiger partial charge in [-0.05, 0) is 67.3 Å². The molecule has 4 rings (SSSR count). The zero-order valence-electron chi connectivity index (χ0n) is 19.2. The average Bonchev–Trinajstić information content (AvgIpc) is 2.88. The number of likely N-dealkylation sites (tertiary alicyclic amines) is 1. The van der Waals surface area contributed by atoms with E-state index in [0.717, 1.165) is 55.3 Å². The highest BCUT2D eigenvalue weighted by molar-refractivity contribution is 5.86. The van der Waals surface area contributed by atoms with Gasteiger partial charge in [-0.15, -0.1) is 6.58 Å². The van der Waals surface area contributed by atoms with Crippen molar-refractivity contribution in [3.63, 3.8) is 0 Å². The zero-order valence-corrected chi connectivity index (χ0v) is 19.2. The normalized spacial score (nSPS) is 22.5. The molecule has 5 heteroatoms. The zero-order chi connectivity index (χ0) is 23.1. The molecule has 2 heterocycles. The minimum atomic E-state index is -0.641. The molecule has 0 saturated carbocycles. The van der Waals surface area contributed by atoms with E-state index in [1.54, 1.807) is 18.5 Å². The Kier molecular flexibility index (Phi) is 7.38. The predicted molar refractivity (Wildman–Crippen MR) is 131 cm³/mol. The van der Waals surface area contributed by atoms with E-state index in [9.17, 15) is 9.59 Å². The van der Waals surface area contributed by atoms with E-state index in [-0.39, 0.29) is 17.7 Å². The summed E-state index contributed by atoms with van der Waals surface area (Å²) in [6.07, 6.45) is 14.4. The van der Waals surface area contributed by atoms with E-state index in [1.807, 2.05) is 23.1 Å². The van der Waals surface area contributed by atoms with Crippen molar-refractivity contribution in [1.82, 2.24) is 15.2 Å². The quantitative estimate of drug-likeness (QED) is 0.638. The first-order valence-electron chi connectivity index (χ1n) is 11.9. The van der Waals surface area contributed by atoms with Gasteiger partial charge in [0, 0.05) is 37.9 Å². The highest BCUT2D eigenvalue weighted by Gasteiger charge is 2.44. The van der Waals surface area contributed by atoms with Crippen molar-refractivity contribution < 1.29 is 9.59 Å². The van der Waals surface area contributed by atoms with Gasteiger partial charge in [0.25, 0.3) is 0 Å². The first-order chi connectivity index (χ1) is 16.1. The molecule has 2 unspecified atom stereocenters. The van der Waals surface area contributed by atoms with Crippen molar-refractivity contribution in [3.05, 3.63) is 79.2 Å². The Hall–Kier alpha value is -3.21. The van der Waals surface area contributed by atoms with Crippen LogP contribution in [0.5, 0.6) is 0 Å². The van der Waals surface area contributed by atoms with Gasteiger partial charge in [-0.1, -0.05) is 42.5 Å². The van der Waals surface area contributed by atoms with Crippen LogP contribution >= 0.6 is 0 Å². The fourth-order valence-corrected chi connectivity index (χ4v) is 5.15. The molecule has 1 aromatic heterocycles. The van der Waals surface area contributed by atoms with Crippen LogP contribution in [-0.2, 0) is 16.0 Å². The van der Waals surface area contributed by atoms with Crippen molar-refractivity contribution in [3.8, 4) is 11.1 Å².